The van der Waals surface area contributed by atoms with Gasteiger partial charge in [-0.25, -0.2) is 4.39 Å². The molecule has 4 saturated heterocycles. The van der Waals surface area contributed by atoms with Crippen molar-refractivity contribution < 1.29 is 23.8 Å². The van der Waals surface area contributed by atoms with Crippen LogP contribution in [0.3, 0.4) is 0 Å². The molecule has 51 heavy (non-hydrogen) atoms. The molecule has 3 atom stereocenters. The van der Waals surface area contributed by atoms with E-state index < -0.39 is 5.82 Å². The van der Waals surface area contributed by atoms with Gasteiger partial charge < -0.3 is 39.1 Å². The molecule has 270 valence electrons. The lowest BCUT2D eigenvalue weighted by molar-refractivity contribution is -0.147. The summed E-state index contributed by atoms with van der Waals surface area (Å²) in [5, 5.41) is 12.8. The van der Waals surface area contributed by atoms with Crippen LogP contribution in [-0.4, -0.2) is 145 Å². The van der Waals surface area contributed by atoms with Crippen molar-refractivity contribution in [1.29, 1.82) is 0 Å². The average molecular weight is 698 g/mol. The van der Waals surface area contributed by atoms with Crippen molar-refractivity contribution in [1.82, 2.24) is 29.6 Å². The minimum absolute atomic E-state index is 0.0665. The molecule has 4 aromatic rings. The van der Waals surface area contributed by atoms with Crippen molar-refractivity contribution in [3.8, 4) is 22.9 Å². The van der Waals surface area contributed by atoms with Gasteiger partial charge in [0.05, 0.1) is 25.3 Å². The summed E-state index contributed by atoms with van der Waals surface area (Å²) in [6, 6.07) is 14.7. The number of likely N-dealkylation sites (N-methyl/N-ethyl adjacent to an activating group) is 2. The first-order chi connectivity index (χ1) is 24.8. The summed E-state index contributed by atoms with van der Waals surface area (Å²) in [5.74, 6) is 0.345. The molecule has 1 aromatic heterocycles. The number of aromatic nitrogens is 2. The van der Waals surface area contributed by atoms with Crippen molar-refractivity contribution in [2.45, 2.75) is 43.8 Å². The van der Waals surface area contributed by atoms with Crippen LogP contribution in [0, 0.1) is 5.82 Å². The fraction of sp³-hybridized carbons (Fsp3) is 0.513. The number of amides is 1. The van der Waals surface area contributed by atoms with Crippen LogP contribution < -0.4 is 9.64 Å². The second-order valence-electron chi connectivity index (χ2n) is 14.8. The Labute approximate surface area is 298 Å². The number of carbonyl (C=O) groups excluding carboxylic acids is 1. The summed E-state index contributed by atoms with van der Waals surface area (Å²) in [4.78, 5) is 34.6. The molecule has 5 heterocycles. The monoisotopic (exact) mass is 697 g/mol. The van der Waals surface area contributed by atoms with Crippen molar-refractivity contribution in [2.24, 2.45) is 0 Å². The maximum atomic E-state index is 16.9. The zero-order valence-electron chi connectivity index (χ0n) is 29.6. The van der Waals surface area contributed by atoms with Gasteiger partial charge >= 0.3 is 6.01 Å². The number of anilines is 1. The second-order valence-corrected chi connectivity index (χ2v) is 14.8. The van der Waals surface area contributed by atoms with Gasteiger partial charge in [0, 0.05) is 62.7 Å². The summed E-state index contributed by atoms with van der Waals surface area (Å²) in [7, 11) is 4.24. The maximum absolute atomic E-state index is 16.9. The summed E-state index contributed by atoms with van der Waals surface area (Å²) in [5.41, 5.74) is 1.10. The molecular weight excluding hydrogens is 649 g/mol. The standard InChI is InChI=1S/C39H48FN7O4/c1-43-15-17-45(18-16-43)14-6-10-35(49)47-28-21-46(22-29(47)24-50-23-28)38-33-12-11-32(34-20-30(48)19-26-7-3-4-9-31(26)34)36(40)37(33)41-39(42-38)51-25-27-8-5-13-44(27)2/h3-4,7,9,11-12,19-20,27-29,48H,5-6,8,10,13-18,21-25H2,1-2H3/t27-,28?,29?/m0/s1. The molecule has 0 spiro atoms. The maximum Gasteiger partial charge on any atom is 0.319 e. The Kier molecular flexibility index (Phi) is 9.67. The summed E-state index contributed by atoms with van der Waals surface area (Å²) >= 11 is 0. The number of rotatable bonds is 9. The quantitative estimate of drug-likeness (QED) is 0.274. The number of aromatic hydroxyl groups is 1. The fourth-order valence-electron chi connectivity index (χ4n) is 8.42. The van der Waals surface area contributed by atoms with Crippen molar-refractivity contribution in [2.75, 3.05) is 91.2 Å². The number of hydrogen-bond donors (Lipinski definition) is 1. The minimum atomic E-state index is -0.493. The number of hydrogen-bond acceptors (Lipinski definition) is 10. The number of ether oxygens (including phenoxy) is 2. The van der Waals surface area contributed by atoms with E-state index in [9.17, 15) is 9.90 Å². The number of nitrogens with zero attached hydrogens (tertiary/aromatic N) is 7. The Morgan fingerprint density at radius 1 is 0.961 bits per heavy atom. The topological polar surface area (TPSA) is 97.7 Å². The molecule has 1 amide bonds. The Balaban J connectivity index is 1.09. The van der Waals surface area contributed by atoms with E-state index in [2.05, 4.69) is 38.7 Å². The highest BCUT2D eigenvalue weighted by molar-refractivity contribution is 6.01. The summed E-state index contributed by atoms with van der Waals surface area (Å²) in [6.45, 7) is 8.50. The zero-order valence-corrected chi connectivity index (χ0v) is 29.6. The molecule has 3 aromatic carbocycles. The van der Waals surface area contributed by atoms with Crippen LogP contribution in [0.2, 0.25) is 0 Å². The van der Waals surface area contributed by atoms with Crippen molar-refractivity contribution in [3.05, 3.63) is 54.3 Å². The highest BCUT2D eigenvalue weighted by Gasteiger charge is 2.41. The van der Waals surface area contributed by atoms with Gasteiger partial charge in [-0.1, -0.05) is 30.3 Å². The Bertz CT molecular complexity index is 1890. The van der Waals surface area contributed by atoms with E-state index in [0.717, 1.165) is 69.3 Å². The molecule has 11 nitrogen and oxygen atoms in total. The number of benzene rings is 3. The van der Waals surface area contributed by atoms with E-state index >= 15 is 4.39 Å². The molecule has 2 unspecified atom stereocenters. The van der Waals surface area contributed by atoms with Crippen LogP contribution in [0.25, 0.3) is 32.8 Å². The van der Waals surface area contributed by atoms with Crippen LogP contribution >= 0.6 is 0 Å². The summed E-state index contributed by atoms with van der Waals surface area (Å²) in [6.07, 6.45) is 3.48. The number of likely N-dealkylation sites (tertiary alicyclic amines) is 1. The lowest BCUT2D eigenvalue weighted by atomic mass is 9.96. The van der Waals surface area contributed by atoms with E-state index in [1.165, 1.54) is 0 Å². The van der Waals surface area contributed by atoms with E-state index in [4.69, 9.17) is 14.5 Å². The van der Waals surface area contributed by atoms with Gasteiger partial charge in [-0.15, -0.1) is 0 Å². The molecule has 12 heteroatoms. The van der Waals surface area contributed by atoms with Crippen LogP contribution in [0.1, 0.15) is 25.7 Å². The molecule has 2 bridgehead atoms. The third-order valence-electron chi connectivity index (χ3n) is 11.3. The minimum Gasteiger partial charge on any atom is -0.508 e. The molecule has 0 aliphatic carbocycles. The molecule has 1 N–H and O–H groups in total. The number of phenols is 1. The Hall–Kier alpha value is -4.10. The highest BCUT2D eigenvalue weighted by atomic mass is 19.1. The van der Waals surface area contributed by atoms with Crippen LogP contribution in [0.15, 0.2) is 48.5 Å². The normalized spacial score (nSPS) is 23.4. The first-order valence-corrected chi connectivity index (χ1v) is 18.4. The van der Waals surface area contributed by atoms with E-state index in [1.54, 1.807) is 18.2 Å². The van der Waals surface area contributed by atoms with Gasteiger partial charge in [-0.3, -0.25) is 4.79 Å². The number of carbonyl (C=O) groups is 1. The predicted octanol–water partition coefficient (Wildman–Crippen LogP) is 4.21. The number of phenolic OH excluding ortho intramolecular Hbond substituents is 1. The molecule has 4 aliphatic rings. The number of piperazine rings is 2. The van der Waals surface area contributed by atoms with Gasteiger partial charge in [-0.05, 0) is 81.0 Å². The fourth-order valence-corrected chi connectivity index (χ4v) is 8.42. The molecule has 0 radical (unpaired) electrons. The Morgan fingerprint density at radius 2 is 1.75 bits per heavy atom. The lowest BCUT2D eigenvalue weighted by Crippen LogP contribution is -2.66. The van der Waals surface area contributed by atoms with Gasteiger partial charge in [0.15, 0.2) is 5.82 Å². The van der Waals surface area contributed by atoms with Crippen molar-refractivity contribution in [3.63, 3.8) is 0 Å². The molecule has 4 fully saturated rings. The largest absolute Gasteiger partial charge is 0.508 e. The van der Waals surface area contributed by atoms with Crippen molar-refractivity contribution >= 4 is 33.4 Å². The molecule has 0 saturated carbocycles. The van der Waals surface area contributed by atoms with Gasteiger partial charge in [0.2, 0.25) is 5.91 Å². The third kappa shape index (κ3) is 6.94. The first kappa shape index (κ1) is 34.0. The first-order valence-electron chi connectivity index (χ1n) is 18.4. The average Bonchev–Trinajstić information content (AvgIpc) is 3.54. The number of morpholine rings is 1. The SMILES string of the molecule is CN1CCN(CCCC(=O)N2C3COCC2CN(c2nc(OC[C@@H]4CCCN4C)nc4c(F)c(-c5cc(O)cc6ccccc56)ccc24)C3)CC1. The highest BCUT2D eigenvalue weighted by Crippen LogP contribution is 2.39. The third-order valence-corrected chi connectivity index (χ3v) is 11.3. The Morgan fingerprint density at radius 3 is 2.51 bits per heavy atom. The van der Waals surface area contributed by atoms with E-state index in [0.29, 0.717) is 61.7 Å². The van der Waals surface area contributed by atoms with Crippen LogP contribution in [-0.2, 0) is 9.53 Å². The predicted molar refractivity (Wildman–Crippen MR) is 196 cm³/mol. The number of halogens is 1. The molecule has 4 aliphatic heterocycles. The van der Waals surface area contributed by atoms with E-state index in [1.807, 2.05) is 35.2 Å². The van der Waals surface area contributed by atoms with Gasteiger partial charge in [0.1, 0.15) is 23.7 Å². The van der Waals surface area contributed by atoms with Gasteiger partial charge in [-0.2, -0.15) is 9.97 Å². The van der Waals surface area contributed by atoms with Gasteiger partial charge in [0.25, 0.3) is 0 Å². The van der Waals surface area contributed by atoms with Crippen LogP contribution in [0.5, 0.6) is 11.8 Å². The van der Waals surface area contributed by atoms with E-state index in [-0.39, 0.29) is 41.3 Å². The zero-order chi connectivity index (χ0) is 35.1. The summed E-state index contributed by atoms with van der Waals surface area (Å²) < 4.78 is 29.1. The second kappa shape index (κ2) is 14.5. The van der Waals surface area contributed by atoms with Crippen LogP contribution in [0.4, 0.5) is 10.2 Å². The molecular formula is C39H48FN7O4. The number of fused-ring (bicyclic) bond motifs is 4. The smallest absolute Gasteiger partial charge is 0.319 e. The molecule has 8 rings (SSSR count). The lowest BCUT2D eigenvalue weighted by Gasteiger charge is -2.50.